The van der Waals surface area contributed by atoms with Crippen LogP contribution in [0, 0.1) is 16.7 Å². The van der Waals surface area contributed by atoms with E-state index in [0.29, 0.717) is 12.8 Å². The summed E-state index contributed by atoms with van der Waals surface area (Å²) in [7, 11) is 0. The van der Waals surface area contributed by atoms with Crippen molar-refractivity contribution in [1.82, 2.24) is 0 Å². The molecule has 0 aromatic rings. The Morgan fingerprint density at radius 3 is 2.41 bits per heavy atom. The van der Waals surface area contributed by atoms with Gasteiger partial charge in [-0.2, -0.15) is 0 Å². The van der Waals surface area contributed by atoms with Gasteiger partial charge < -0.3 is 9.47 Å². The van der Waals surface area contributed by atoms with E-state index in [9.17, 15) is 9.59 Å². The molecule has 1 saturated carbocycles. The maximum atomic E-state index is 12.9. The number of fused-ring (bicyclic) bond motifs is 2. The van der Waals surface area contributed by atoms with Gasteiger partial charge in [0.1, 0.15) is 12.2 Å². The molecule has 4 unspecified atom stereocenters. The Morgan fingerprint density at radius 2 is 1.86 bits per heavy atom. The van der Waals surface area contributed by atoms with Crippen molar-refractivity contribution in [3.63, 3.8) is 0 Å². The lowest BCUT2D eigenvalue weighted by Gasteiger charge is -2.39. The van der Waals surface area contributed by atoms with Crippen LogP contribution in [0.1, 0.15) is 60.8 Å². The number of allylic oxidation sites excluding steroid dienone is 1. The van der Waals surface area contributed by atoms with Gasteiger partial charge in [-0.1, -0.05) is 32.4 Å². The van der Waals surface area contributed by atoms with Crippen molar-refractivity contribution in [1.29, 1.82) is 0 Å². The third-order valence-electron chi connectivity index (χ3n) is 5.15. The standard InChI is InChI=1S/C18H28O4/c1-11(2)10-18(6,17(3,4)5)16(20)22-13-8-7-12-9-14(13)21-15(12)19/h10,12-14H,7-9H2,1-6H3. The molecule has 0 N–H and O–H groups in total. The summed E-state index contributed by atoms with van der Waals surface area (Å²) in [4.78, 5) is 24.5. The van der Waals surface area contributed by atoms with E-state index in [1.54, 1.807) is 0 Å². The first kappa shape index (κ1) is 17.0. The van der Waals surface area contributed by atoms with Crippen LogP contribution in [0.5, 0.6) is 0 Å². The van der Waals surface area contributed by atoms with Crippen molar-refractivity contribution in [3.8, 4) is 0 Å². The van der Waals surface area contributed by atoms with Gasteiger partial charge in [0.15, 0.2) is 0 Å². The molecule has 4 atom stereocenters. The van der Waals surface area contributed by atoms with Crippen molar-refractivity contribution < 1.29 is 19.1 Å². The average Bonchev–Trinajstić information content (AvgIpc) is 2.67. The van der Waals surface area contributed by atoms with Gasteiger partial charge in [-0.25, -0.2) is 0 Å². The number of ether oxygens (including phenoxy) is 2. The molecule has 1 aliphatic carbocycles. The Morgan fingerprint density at radius 1 is 1.23 bits per heavy atom. The molecule has 22 heavy (non-hydrogen) atoms. The molecule has 0 aromatic heterocycles. The molecule has 1 saturated heterocycles. The van der Waals surface area contributed by atoms with Crippen LogP contribution in [0.3, 0.4) is 0 Å². The minimum atomic E-state index is -0.703. The predicted octanol–water partition coefficient (Wildman–Crippen LogP) is 3.64. The zero-order chi connectivity index (χ0) is 16.7. The van der Waals surface area contributed by atoms with E-state index in [-0.39, 0.29) is 35.5 Å². The minimum Gasteiger partial charge on any atom is -0.458 e. The van der Waals surface area contributed by atoms with E-state index in [4.69, 9.17) is 9.47 Å². The van der Waals surface area contributed by atoms with E-state index in [2.05, 4.69) is 0 Å². The molecule has 0 amide bonds. The maximum Gasteiger partial charge on any atom is 0.316 e. The largest absolute Gasteiger partial charge is 0.458 e. The van der Waals surface area contributed by atoms with Crippen LogP contribution in [0.25, 0.3) is 0 Å². The van der Waals surface area contributed by atoms with E-state index in [1.165, 1.54) is 0 Å². The first-order valence-electron chi connectivity index (χ1n) is 8.12. The summed E-state index contributed by atoms with van der Waals surface area (Å²) in [5.41, 5.74) is 0.126. The van der Waals surface area contributed by atoms with Gasteiger partial charge in [-0.3, -0.25) is 9.59 Å². The number of carbonyl (C=O) groups is 2. The minimum absolute atomic E-state index is 0.00624. The smallest absolute Gasteiger partial charge is 0.316 e. The second-order valence-electron chi connectivity index (χ2n) is 8.10. The molecule has 124 valence electrons. The van der Waals surface area contributed by atoms with Crippen molar-refractivity contribution in [2.75, 3.05) is 0 Å². The third-order valence-corrected chi connectivity index (χ3v) is 5.15. The average molecular weight is 308 g/mol. The van der Waals surface area contributed by atoms with Crippen LogP contribution in [0.4, 0.5) is 0 Å². The SMILES string of the molecule is CC(C)=CC(C)(C(=O)OC1CCC2CC1OC2=O)C(C)(C)C. The van der Waals surface area contributed by atoms with Crippen molar-refractivity contribution >= 4 is 11.9 Å². The molecule has 2 fully saturated rings. The highest BCUT2D eigenvalue weighted by Gasteiger charge is 2.49. The molecule has 2 aliphatic rings. The van der Waals surface area contributed by atoms with E-state index >= 15 is 0 Å². The Bertz CT molecular complexity index is 496. The molecular weight excluding hydrogens is 280 g/mol. The molecule has 0 aromatic carbocycles. The summed E-state index contributed by atoms with van der Waals surface area (Å²) in [6.45, 7) is 12.0. The second kappa shape index (κ2) is 5.71. The summed E-state index contributed by atoms with van der Waals surface area (Å²) in [5, 5.41) is 0. The summed E-state index contributed by atoms with van der Waals surface area (Å²) in [5.74, 6) is -0.356. The highest BCUT2D eigenvalue weighted by molar-refractivity contribution is 5.80. The van der Waals surface area contributed by atoms with Gasteiger partial charge in [0.2, 0.25) is 0 Å². The monoisotopic (exact) mass is 308 g/mol. The first-order valence-corrected chi connectivity index (χ1v) is 8.12. The van der Waals surface area contributed by atoms with E-state index in [0.717, 1.165) is 12.0 Å². The fourth-order valence-electron chi connectivity index (χ4n) is 3.24. The highest BCUT2D eigenvalue weighted by atomic mass is 16.6. The van der Waals surface area contributed by atoms with Crippen LogP contribution in [0.2, 0.25) is 0 Å². The molecule has 0 radical (unpaired) electrons. The van der Waals surface area contributed by atoms with Crippen LogP contribution < -0.4 is 0 Å². The number of esters is 2. The van der Waals surface area contributed by atoms with Crippen molar-refractivity contribution in [2.45, 2.75) is 73.0 Å². The van der Waals surface area contributed by atoms with Crippen LogP contribution in [-0.4, -0.2) is 24.1 Å². The zero-order valence-electron chi connectivity index (χ0n) is 14.6. The van der Waals surface area contributed by atoms with E-state index < -0.39 is 5.41 Å². The summed E-state index contributed by atoms with van der Waals surface area (Å²) in [6, 6.07) is 0. The van der Waals surface area contributed by atoms with Crippen LogP contribution in [-0.2, 0) is 19.1 Å². The Labute approximate surface area is 133 Å². The van der Waals surface area contributed by atoms with Gasteiger partial charge in [-0.05, 0) is 39.0 Å². The lowest BCUT2D eigenvalue weighted by Crippen LogP contribution is -2.44. The fourth-order valence-corrected chi connectivity index (χ4v) is 3.24. The van der Waals surface area contributed by atoms with Crippen LogP contribution >= 0.6 is 0 Å². The van der Waals surface area contributed by atoms with Crippen molar-refractivity contribution in [3.05, 3.63) is 11.6 Å². The summed E-state index contributed by atoms with van der Waals surface area (Å²) in [6.07, 6.45) is 3.57. The van der Waals surface area contributed by atoms with Gasteiger partial charge in [0.25, 0.3) is 0 Å². The summed E-state index contributed by atoms with van der Waals surface area (Å²) < 4.78 is 11.1. The Balaban J connectivity index is 2.16. The van der Waals surface area contributed by atoms with Crippen LogP contribution in [0.15, 0.2) is 11.6 Å². The third kappa shape index (κ3) is 3.06. The van der Waals surface area contributed by atoms with Gasteiger partial charge >= 0.3 is 11.9 Å². The molecule has 2 bridgehead atoms. The predicted molar refractivity (Wildman–Crippen MR) is 84.1 cm³/mol. The lowest BCUT2D eigenvalue weighted by atomic mass is 9.67. The normalized spacial score (nSPS) is 30.3. The fraction of sp³-hybridized carbons (Fsp3) is 0.778. The molecule has 1 aliphatic heterocycles. The first-order chi connectivity index (χ1) is 10.0. The van der Waals surface area contributed by atoms with Gasteiger partial charge in [0, 0.05) is 6.42 Å². The van der Waals surface area contributed by atoms with Gasteiger partial charge in [-0.15, -0.1) is 0 Å². The zero-order valence-corrected chi connectivity index (χ0v) is 14.6. The Hall–Kier alpha value is -1.32. The molecule has 1 heterocycles. The number of hydrogen-bond acceptors (Lipinski definition) is 4. The molecular formula is C18H28O4. The number of hydrogen-bond donors (Lipinski definition) is 0. The molecule has 4 nitrogen and oxygen atoms in total. The lowest BCUT2D eigenvalue weighted by molar-refractivity contribution is -0.172. The van der Waals surface area contributed by atoms with E-state index in [1.807, 2.05) is 47.6 Å². The topological polar surface area (TPSA) is 52.6 Å². The van der Waals surface area contributed by atoms with Crippen molar-refractivity contribution in [2.24, 2.45) is 16.7 Å². The molecule has 2 rings (SSSR count). The molecule has 0 spiro atoms. The quantitative estimate of drug-likeness (QED) is 0.590. The maximum absolute atomic E-state index is 12.9. The van der Waals surface area contributed by atoms with Gasteiger partial charge in [0.05, 0.1) is 11.3 Å². The number of carbonyl (C=O) groups excluding carboxylic acids is 2. The highest BCUT2D eigenvalue weighted by Crippen LogP contribution is 2.43. The second-order valence-corrected chi connectivity index (χ2v) is 8.10. The number of rotatable bonds is 3. The molecule has 4 heteroatoms. The Kier molecular flexibility index (Phi) is 4.42. The summed E-state index contributed by atoms with van der Waals surface area (Å²) >= 11 is 0.